The van der Waals surface area contributed by atoms with Gasteiger partial charge >= 0.3 is 5.97 Å². The second-order valence-corrected chi connectivity index (χ2v) is 6.00. The molecular weight excluding hydrogens is 344 g/mol. The number of aliphatic hydroxyl groups excluding tert-OH is 1. The van der Waals surface area contributed by atoms with Crippen molar-refractivity contribution in [3.8, 4) is 5.75 Å². The van der Waals surface area contributed by atoms with Crippen molar-refractivity contribution in [2.75, 3.05) is 19.8 Å². The van der Waals surface area contributed by atoms with Gasteiger partial charge in [-0.1, -0.05) is 49.8 Å². The van der Waals surface area contributed by atoms with Crippen LogP contribution in [-0.2, 0) is 9.47 Å². The number of phenols is 1. The van der Waals surface area contributed by atoms with Crippen molar-refractivity contribution in [3.05, 3.63) is 66.3 Å². The zero-order chi connectivity index (χ0) is 19.7. The molecule has 5 heteroatoms. The number of ether oxygens (including phenoxy) is 2. The van der Waals surface area contributed by atoms with Gasteiger partial charge in [-0.25, -0.2) is 4.79 Å². The Hall–Kier alpha value is -2.37. The Balaban J connectivity index is 2.16. The highest BCUT2D eigenvalue weighted by atomic mass is 16.6. The van der Waals surface area contributed by atoms with Crippen molar-refractivity contribution >= 4 is 5.97 Å². The number of carbonyl (C=O) groups excluding carboxylic acids is 1. The van der Waals surface area contributed by atoms with Gasteiger partial charge in [0.05, 0.1) is 18.8 Å². The van der Waals surface area contributed by atoms with E-state index in [1.165, 1.54) is 24.3 Å². The molecule has 0 bridgehead atoms. The fraction of sp³-hybridized carbons (Fsp3) is 0.409. The topological polar surface area (TPSA) is 76.0 Å². The highest BCUT2D eigenvalue weighted by molar-refractivity contribution is 5.89. The minimum Gasteiger partial charge on any atom is -0.508 e. The van der Waals surface area contributed by atoms with Gasteiger partial charge in [0, 0.05) is 6.61 Å². The summed E-state index contributed by atoms with van der Waals surface area (Å²) in [5.41, 5.74) is 0.314. The number of benzene rings is 1. The van der Waals surface area contributed by atoms with E-state index in [0.717, 1.165) is 25.7 Å². The third-order valence-electron chi connectivity index (χ3n) is 3.60. The number of hydrogen-bond acceptors (Lipinski definition) is 5. The number of allylic oxidation sites excluding steroid dienone is 6. The SMILES string of the molecule is CCC/C=C/C=C/C=C/CCCOCC(CO)OC(=O)c1ccc(O)cc1. The van der Waals surface area contributed by atoms with Crippen LogP contribution in [0.4, 0.5) is 0 Å². The second kappa shape index (κ2) is 14.8. The molecule has 0 spiro atoms. The number of unbranched alkanes of at least 4 members (excludes halogenated alkanes) is 2. The highest BCUT2D eigenvalue weighted by Gasteiger charge is 2.15. The molecule has 1 aromatic carbocycles. The minimum absolute atomic E-state index is 0.0751. The van der Waals surface area contributed by atoms with Gasteiger partial charge in [0.15, 0.2) is 0 Å². The van der Waals surface area contributed by atoms with Gasteiger partial charge in [-0.05, 0) is 43.5 Å². The summed E-state index contributed by atoms with van der Waals surface area (Å²) in [4.78, 5) is 12.0. The van der Waals surface area contributed by atoms with E-state index in [1.54, 1.807) is 0 Å². The lowest BCUT2D eigenvalue weighted by Gasteiger charge is -2.15. The predicted octanol–water partition coefficient (Wildman–Crippen LogP) is 4.18. The quantitative estimate of drug-likeness (QED) is 0.308. The number of aromatic hydroxyl groups is 1. The Morgan fingerprint density at radius 2 is 1.74 bits per heavy atom. The first-order valence-electron chi connectivity index (χ1n) is 9.34. The van der Waals surface area contributed by atoms with Gasteiger partial charge in [-0.2, -0.15) is 0 Å². The average Bonchev–Trinajstić information content (AvgIpc) is 2.68. The molecule has 0 aromatic heterocycles. The fourth-order valence-corrected chi connectivity index (χ4v) is 2.10. The largest absolute Gasteiger partial charge is 0.508 e. The van der Waals surface area contributed by atoms with Gasteiger partial charge in [0.1, 0.15) is 11.9 Å². The van der Waals surface area contributed by atoms with Crippen LogP contribution in [0.25, 0.3) is 0 Å². The zero-order valence-corrected chi connectivity index (χ0v) is 15.9. The molecule has 2 N–H and O–H groups in total. The Morgan fingerprint density at radius 3 is 2.37 bits per heavy atom. The summed E-state index contributed by atoms with van der Waals surface area (Å²) in [6.45, 7) is 2.52. The molecule has 1 unspecified atom stereocenters. The van der Waals surface area contributed by atoms with Gasteiger partial charge in [0.25, 0.3) is 0 Å². The highest BCUT2D eigenvalue weighted by Crippen LogP contribution is 2.11. The average molecular weight is 374 g/mol. The van der Waals surface area contributed by atoms with Crippen LogP contribution in [0, 0.1) is 0 Å². The smallest absolute Gasteiger partial charge is 0.338 e. The molecule has 0 aliphatic carbocycles. The maximum atomic E-state index is 12.0. The number of esters is 1. The molecule has 0 heterocycles. The molecular formula is C22H30O5. The van der Waals surface area contributed by atoms with E-state index in [-0.39, 0.29) is 19.0 Å². The van der Waals surface area contributed by atoms with Crippen molar-refractivity contribution < 1.29 is 24.5 Å². The summed E-state index contributed by atoms with van der Waals surface area (Å²) in [7, 11) is 0. The standard InChI is InChI=1S/C22H30O5/c1-2-3-4-5-6-7-8-9-10-11-16-26-18-21(17-23)27-22(25)19-12-14-20(24)15-13-19/h4-9,12-15,21,23-24H,2-3,10-11,16-18H2,1H3/b5-4+,7-6+,9-8+. The lowest BCUT2D eigenvalue weighted by Crippen LogP contribution is -2.27. The summed E-state index contributed by atoms with van der Waals surface area (Å²) in [5.74, 6) is -0.480. The first-order valence-corrected chi connectivity index (χ1v) is 9.34. The molecule has 27 heavy (non-hydrogen) atoms. The first-order chi connectivity index (χ1) is 13.2. The number of hydrogen-bond donors (Lipinski definition) is 2. The Labute approximate surface area is 161 Å². The van der Waals surface area contributed by atoms with Crippen molar-refractivity contribution in [2.24, 2.45) is 0 Å². The van der Waals surface area contributed by atoms with Crippen molar-refractivity contribution in [3.63, 3.8) is 0 Å². The molecule has 1 aromatic rings. The molecule has 0 saturated carbocycles. The van der Waals surface area contributed by atoms with Crippen LogP contribution in [-0.4, -0.2) is 42.1 Å². The summed E-state index contributed by atoms with van der Waals surface area (Å²) >= 11 is 0. The Bertz CT molecular complexity index is 602. The van der Waals surface area contributed by atoms with Crippen LogP contribution in [0.2, 0.25) is 0 Å². The van der Waals surface area contributed by atoms with E-state index >= 15 is 0 Å². The van der Waals surface area contributed by atoms with Crippen LogP contribution in [0.5, 0.6) is 5.75 Å². The lowest BCUT2D eigenvalue weighted by atomic mass is 10.2. The number of rotatable bonds is 13. The fourth-order valence-electron chi connectivity index (χ4n) is 2.10. The maximum absolute atomic E-state index is 12.0. The van der Waals surface area contributed by atoms with E-state index in [9.17, 15) is 15.0 Å². The van der Waals surface area contributed by atoms with Gasteiger partial charge in [0.2, 0.25) is 0 Å². The van der Waals surface area contributed by atoms with Crippen molar-refractivity contribution in [1.29, 1.82) is 0 Å². The summed E-state index contributed by atoms with van der Waals surface area (Å²) in [6.07, 6.45) is 15.6. The monoisotopic (exact) mass is 374 g/mol. The van der Waals surface area contributed by atoms with Crippen LogP contribution >= 0.6 is 0 Å². The first kappa shape index (κ1) is 22.7. The molecule has 1 rings (SSSR count). The molecule has 0 aliphatic heterocycles. The minimum atomic E-state index is -0.709. The number of aliphatic hydroxyl groups is 1. The zero-order valence-electron chi connectivity index (χ0n) is 15.9. The van der Waals surface area contributed by atoms with Crippen LogP contribution in [0.1, 0.15) is 43.0 Å². The van der Waals surface area contributed by atoms with Gasteiger partial charge < -0.3 is 19.7 Å². The van der Waals surface area contributed by atoms with E-state index in [1.807, 2.05) is 24.3 Å². The molecule has 0 fully saturated rings. The molecule has 148 valence electrons. The summed E-state index contributed by atoms with van der Waals surface area (Å²) in [5, 5.41) is 18.5. The van der Waals surface area contributed by atoms with Crippen LogP contribution in [0.3, 0.4) is 0 Å². The second-order valence-electron chi connectivity index (χ2n) is 6.00. The van der Waals surface area contributed by atoms with Crippen LogP contribution in [0.15, 0.2) is 60.7 Å². The van der Waals surface area contributed by atoms with Crippen LogP contribution < -0.4 is 0 Å². The third-order valence-corrected chi connectivity index (χ3v) is 3.60. The molecule has 0 amide bonds. The predicted molar refractivity (Wildman–Crippen MR) is 107 cm³/mol. The van der Waals surface area contributed by atoms with Gasteiger partial charge in [-0.3, -0.25) is 0 Å². The molecule has 0 radical (unpaired) electrons. The Kier molecular flexibility index (Phi) is 12.4. The summed E-state index contributed by atoms with van der Waals surface area (Å²) < 4.78 is 10.7. The van der Waals surface area contributed by atoms with E-state index in [0.29, 0.717) is 12.2 Å². The lowest BCUT2D eigenvalue weighted by molar-refractivity contribution is -0.0240. The Morgan fingerprint density at radius 1 is 1.07 bits per heavy atom. The molecule has 0 saturated heterocycles. The van der Waals surface area contributed by atoms with Crippen molar-refractivity contribution in [2.45, 2.75) is 38.7 Å². The number of phenolic OH excluding ortho intramolecular Hbond substituents is 1. The van der Waals surface area contributed by atoms with E-state index in [4.69, 9.17) is 9.47 Å². The van der Waals surface area contributed by atoms with E-state index < -0.39 is 12.1 Å². The third kappa shape index (κ3) is 11.1. The molecule has 0 aliphatic rings. The molecule has 1 atom stereocenters. The summed E-state index contributed by atoms with van der Waals surface area (Å²) in [6, 6.07) is 5.75. The maximum Gasteiger partial charge on any atom is 0.338 e. The molecule has 5 nitrogen and oxygen atoms in total. The number of carbonyl (C=O) groups is 1. The van der Waals surface area contributed by atoms with Gasteiger partial charge in [-0.15, -0.1) is 0 Å². The van der Waals surface area contributed by atoms with E-state index in [2.05, 4.69) is 19.1 Å². The normalized spacial score (nSPS) is 13.0. The van der Waals surface area contributed by atoms with Crippen molar-refractivity contribution in [1.82, 2.24) is 0 Å².